The molecule has 166 valence electrons. The number of ether oxygens (including phenoxy) is 1. The van der Waals surface area contributed by atoms with Crippen LogP contribution in [-0.2, 0) is 9.53 Å². The van der Waals surface area contributed by atoms with Crippen LogP contribution in [0.5, 0.6) is 0 Å². The van der Waals surface area contributed by atoms with E-state index >= 15 is 0 Å². The number of nitrogens with one attached hydrogen (secondary N) is 1. The number of esters is 1. The minimum Gasteiger partial charge on any atom is -0.463 e. The van der Waals surface area contributed by atoms with Gasteiger partial charge in [0.05, 0.1) is 51.1 Å². The van der Waals surface area contributed by atoms with Gasteiger partial charge in [-0.3, -0.25) is 4.79 Å². The number of nitrogens with zero attached hydrogens (tertiary/aromatic N) is 1. The molecule has 1 aromatic carbocycles. The predicted octanol–water partition coefficient (Wildman–Crippen LogP) is 5.82. The van der Waals surface area contributed by atoms with E-state index in [-0.39, 0.29) is 18.1 Å². The zero-order chi connectivity index (χ0) is 23.2. The first-order chi connectivity index (χ1) is 16.1. The van der Waals surface area contributed by atoms with Gasteiger partial charge in [-0.25, -0.2) is 4.79 Å². The van der Waals surface area contributed by atoms with E-state index < -0.39 is 11.9 Å². The Morgan fingerprint density at radius 1 is 1.09 bits per heavy atom. The normalized spacial score (nSPS) is 15.7. The lowest BCUT2D eigenvalue weighted by Gasteiger charge is -2.30. The molecule has 0 radical (unpaired) electrons. The van der Waals surface area contributed by atoms with Gasteiger partial charge in [-0.15, -0.1) is 22.7 Å². The van der Waals surface area contributed by atoms with E-state index in [0.717, 1.165) is 10.4 Å². The maximum atomic E-state index is 13.2. The lowest BCUT2D eigenvalue weighted by atomic mass is 9.85. The number of nitriles is 1. The molecule has 3 aromatic rings. The van der Waals surface area contributed by atoms with Crippen LogP contribution in [0.3, 0.4) is 0 Å². The van der Waals surface area contributed by atoms with Crippen molar-refractivity contribution in [1.82, 2.24) is 5.32 Å². The zero-order valence-electron chi connectivity index (χ0n) is 17.7. The van der Waals surface area contributed by atoms with E-state index in [1.165, 1.54) is 34.4 Å². The fraction of sp³-hybridized carbons (Fsp3) is 0.160. The number of allylic oxidation sites excluding steroid dienone is 1. The lowest BCUT2D eigenvalue weighted by Crippen LogP contribution is -2.29. The van der Waals surface area contributed by atoms with Crippen molar-refractivity contribution in [2.45, 2.75) is 12.8 Å². The van der Waals surface area contributed by atoms with Crippen molar-refractivity contribution in [3.05, 3.63) is 96.9 Å². The van der Waals surface area contributed by atoms with Crippen molar-refractivity contribution in [2.24, 2.45) is 0 Å². The minimum absolute atomic E-state index is 0.00399. The van der Waals surface area contributed by atoms with E-state index in [9.17, 15) is 14.9 Å². The van der Waals surface area contributed by atoms with E-state index in [1.54, 1.807) is 13.0 Å². The van der Waals surface area contributed by atoms with Crippen LogP contribution in [0.4, 0.5) is 0 Å². The number of carbonyl (C=O) groups is 2. The van der Waals surface area contributed by atoms with Gasteiger partial charge in [-0.2, -0.15) is 5.26 Å². The molecule has 1 N–H and O–H groups in total. The molecule has 0 spiro atoms. The molecule has 5 nitrogen and oxygen atoms in total. The van der Waals surface area contributed by atoms with Crippen molar-refractivity contribution in [3.63, 3.8) is 0 Å². The van der Waals surface area contributed by atoms with Crippen LogP contribution in [0.25, 0.3) is 5.70 Å². The number of benzene rings is 1. The highest BCUT2D eigenvalue weighted by atomic mass is 32.2. The Hall–Kier alpha value is -3.12. The Morgan fingerprint density at radius 2 is 1.85 bits per heavy atom. The van der Waals surface area contributed by atoms with Crippen LogP contribution in [0.2, 0.25) is 0 Å². The molecule has 0 aliphatic carbocycles. The summed E-state index contributed by atoms with van der Waals surface area (Å²) in [5, 5.41) is 17.8. The van der Waals surface area contributed by atoms with Crippen molar-refractivity contribution in [2.75, 3.05) is 12.4 Å². The fourth-order valence-electron chi connectivity index (χ4n) is 3.54. The van der Waals surface area contributed by atoms with E-state index in [2.05, 4.69) is 11.4 Å². The molecule has 0 bridgehead atoms. The SMILES string of the molecule is CCOC(=O)C1=C(c2ccccc2)NC(SCC(=O)c2cccs2)=C(C#N)C1c1cccs1. The van der Waals surface area contributed by atoms with Gasteiger partial charge < -0.3 is 10.1 Å². The Labute approximate surface area is 204 Å². The summed E-state index contributed by atoms with van der Waals surface area (Å²) in [6.07, 6.45) is 0. The van der Waals surface area contributed by atoms with E-state index in [4.69, 9.17) is 4.74 Å². The summed E-state index contributed by atoms with van der Waals surface area (Å²) in [7, 11) is 0. The van der Waals surface area contributed by atoms with Gasteiger partial charge in [-0.05, 0) is 35.4 Å². The standard InChI is InChI=1S/C25H20N2O3S3/c1-2-30-25(29)22-21(20-11-7-13-32-20)17(14-26)24(27-23(22)16-8-4-3-5-9-16)33-15-18(28)19-10-6-12-31-19/h3-13,21,27H,2,15H2,1H3. The summed E-state index contributed by atoms with van der Waals surface area (Å²) >= 11 is 4.16. The molecule has 1 atom stereocenters. The first-order valence-corrected chi connectivity index (χ1v) is 13.0. The van der Waals surface area contributed by atoms with Crippen molar-refractivity contribution >= 4 is 51.9 Å². The number of hydrogen-bond acceptors (Lipinski definition) is 8. The van der Waals surface area contributed by atoms with Crippen molar-refractivity contribution in [3.8, 4) is 6.07 Å². The average molecular weight is 493 g/mol. The third kappa shape index (κ3) is 4.96. The number of thioether (sulfide) groups is 1. The second-order valence-corrected chi connectivity index (χ2v) is 9.90. The monoisotopic (exact) mass is 492 g/mol. The molecular weight excluding hydrogens is 472 g/mol. The molecule has 1 unspecified atom stereocenters. The maximum absolute atomic E-state index is 13.2. The maximum Gasteiger partial charge on any atom is 0.337 e. The van der Waals surface area contributed by atoms with Gasteiger partial charge in [0, 0.05) is 4.88 Å². The highest BCUT2D eigenvalue weighted by Gasteiger charge is 2.37. The number of ketones is 1. The molecular formula is C25H20N2O3S3. The molecule has 4 rings (SSSR count). The Bertz CT molecular complexity index is 1240. The third-order valence-electron chi connectivity index (χ3n) is 4.98. The van der Waals surface area contributed by atoms with Gasteiger partial charge in [0.2, 0.25) is 0 Å². The second kappa shape index (κ2) is 10.7. The van der Waals surface area contributed by atoms with E-state index in [0.29, 0.717) is 26.7 Å². The number of dihydropyridines is 1. The summed E-state index contributed by atoms with van der Waals surface area (Å²) in [5.74, 6) is -0.864. The predicted molar refractivity (Wildman–Crippen MR) is 134 cm³/mol. The first-order valence-electron chi connectivity index (χ1n) is 10.2. The third-order valence-corrected chi connectivity index (χ3v) is 7.84. The molecule has 0 saturated heterocycles. The molecule has 1 aliphatic heterocycles. The lowest BCUT2D eigenvalue weighted by molar-refractivity contribution is -0.138. The topological polar surface area (TPSA) is 79.2 Å². The molecule has 2 aromatic heterocycles. The molecule has 0 amide bonds. The summed E-state index contributed by atoms with van der Waals surface area (Å²) in [6.45, 7) is 1.99. The van der Waals surface area contributed by atoms with Gasteiger partial charge in [-0.1, -0.05) is 54.2 Å². The molecule has 8 heteroatoms. The summed E-state index contributed by atoms with van der Waals surface area (Å²) in [6, 6.07) is 19.3. The van der Waals surface area contributed by atoms with E-state index in [1.807, 2.05) is 59.3 Å². The molecule has 3 heterocycles. The number of thiophene rings is 2. The van der Waals surface area contributed by atoms with Crippen LogP contribution >= 0.6 is 34.4 Å². The number of rotatable bonds is 8. The number of hydrogen-bond donors (Lipinski definition) is 1. The molecule has 0 saturated carbocycles. The Balaban J connectivity index is 1.81. The van der Waals surface area contributed by atoms with Crippen LogP contribution in [0.1, 0.15) is 33.0 Å². The summed E-state index contributed by atoms with van der Waals surface area (Å²) in [4.78, 5) is 27.4. The Kier molecular flexibility index (Phi) is 7.45. The van der Waals surface area contributed by atoms with Gasteiger partial charge in [0.15, 0.2) is 5.78 Å². The highest BCUT2D eigenvalue weighted by Crippen LogP contribution is 2.44. The molecule has 1 aliphatic rings. The Morgan fingerprint density at radius 3 is 2.48 bits per heavy atom. The van der Waals surface area contributed by atoms with Crippen molar-refractivity contribution in [1.29, 1.82) is 5.26 Å². The molecule has 0 fully saturated rings. The number of Topliss-reactive ketones (excluding diaryl/α,β-unsaturated/α-hetero) is 1. The number of carbonyl (C=O) groups excluding carboxylic acids is 2. The van der Waals surface area contributed by atoms with Crippen LogP contribution in [-0.4, -0.2) is 24.1 Å². The van der Waals surface area contributed by atoms with Crippen LogP contribution < -0.4 is 5.32 Å². The highest BCUT2D eigenvalue weighted by molar-refractivity contribution is 8.03. The van der Waals surface area contributed by atoms with Gasteiger partial charge >= 0.3 is 5.97 Å². The van der Waals surface area contributed by atoms with Crippen LogP contribution in [0.15, 0.2) is 81.5 Å². The van der Waals surface area contributed by atoms with Crippen molar-refractivity contribution < 1.29 is 14.3 Å². The van der Waals surface area contributed by atoms with Gasteiger partial charge in [0.1, 0.15) is 0 Å². The van der Waals surface area contributed by atoms with Gasteiger partial charge in [0.25, 0.3) is 0 Å². The average Bonchev–Trinajstić information content (AvgIpc) is 3.57. The zero-order valence-corrected chi connectivity index (χ0v) is 20.2. The molecule has 33 heavy (non-hydrogen) atoms. The first kappa shape index (κ1) is 23.1. The summed E-state index contributed by atoms with van der Waals surface area (Å²) < 4.78 is 5.41. The summed E-state index contributed by atoms with van der Waals surface area (Å²) in [5.41, 5.74) is 2.21. The van der Waals surface area contributed by atoms with Crippen LogP contribution in [0, 0.1) is 11.3 Å². The minimum atomic E-state index is -0.579. The second-order valence-electron chi connectivity index (χ2n) is 6.99. The fourth-order valence-corrected chi connectivity index (χ4v) is 6.07. The largest absolute Gasteiger partial charge is 0.463 e. The quantitative estimate of drug-likeness (QED) is 0.315. The smallest absolute Gasteiger partial charge is 0.337 e.